The van der Waals surface area contributed by atoms with E-state index < -0.39 is 12.0 Å². The van der Waals surface area contributed by atoms with Crippen molar-refractivity contribution in [2.75, 3.05) is 11.4 Å². The van der Waals surface area contributed by atoms with E-state index in [1.54, 1.807) is 23.5 Å². The molecule has 0 spiro atoms. The van der Waals surface area contributed by atoms with Gasteiger partial charge < -0.3 is 10.0 Å². The van der Waals surface area contributed by atoms with Gasteiger partial charge in [-0.1, -0.05) is 0 Å². The first-order chi connectivity index (χ1) is 6.79. The summed E-state index contributed by atoms with van der Waals surface area (Å²) >= 11 is 0. The smallest absolute Gasteiger partial charge is 0.326 e. The molecule has 0 bridgehead atoms. The predicted molar refractivity (Wildman–Crippen MR) is 50.0 cm³/mol. The van der Waals surface area contributed by atoms with Gasteiger partial charge in [0.15, 0.2) is 0 Å². The molecule has 1 aromatic heterocycles. The average molecular weight is 193 g/mol. The van der Waals surface area contributed by atoms with Gasteiger partial charge in [-0.15, -0.1) is 0 Å². The maximum atomic E-state index is 10.9. The standard InChI is InChI=1S/C9H11N3O2/c13-9(14)7-2-1-5-12(7)8-6-10-3-4-11-8/h3-4,6-7H,1-2,5H2,(H,13,14). The molecule has 0 aromatic carbocycles. The lowest BCUT2D eigenvalue weighted by Gasteiger charge is -2.21. The lowest BCUT2D eigenvalue weighted by atomic mass is 10.2. The maximum Gasteiger partial charge on any atom is 0.326 e. The van der Waals surface area contributed by atoms with Crippen molar-refractivity contribution >= 4 is 11.8 Å². The van der Waals surface area contributed by atoms with Gasteiger partial charge in [0.2, 0.25) is 0 Å². The third-order valence-electron chi connectivity index (χ3n) is 2.38. The van der Waals surface area contributed by atoms with Gasteiger partial charge in [0, 0.05) is 18.9 Å². The molecule has 0 amide bonds. The van der Waals surface area contributed by atoms with Crippen LogP contribution in [0.5, 0.6) is 0 Å². The Bertz CT molecular complexity index is 328. The molecule has 1 fully saturated rings. The summed E-state index contributed by atoms with van der Waals surface area (Å²) in [4.78, 5) is 20.7. The minimum absolute atomic E-state index is 0.438. The third kappa shape index (κ3) is 1.53. The van der Waals surface area contributed by atoms with Crippen LogP contribution in [-0.2, 0) is 4.79 Å². The highest BCUT2D eigenvalue weighted by Crippen LogP contribution is 2.22. The molecule has 1 unspecified atom stereocenters. The molecule has 1 aliphatic rings. The van der Waals surface area contributed by atoms with Crippen LogP contribution in [0.15, 0.2) is 18.6 Å². The van der Waals surface area contributed by atoms with Gasteiger partial charge in [-0.2, -0.15) is 0 Å². The maximum absolute atomic E-state index is 10.9. The molecule has 0 saturated carbocycles. The molecule has 1 aromatic rings. The van der Waals surface area contributed by atoms with E-state index in [4.69, 9.17) is 5.11 Å². The fraction of sp³-hybridized carbons (Fsp3) is 0.444. The first kappa shape index (κ1) is 8.93. The molecular formula is C9H11N3O2. The normalized spacial score (nSPS) is 21.1. The zero-order valence-electron chi connectivity index (χ0n) is 7.63. The van der Waals surface area contributed by atoms with Crippen molar-refractivity contribution in [2.45, 2.75) is 18.9 Å². The highest BCUT2D eigenvalue weighted by molar-refractivity contribution is 5.78. The van der Waals surface area contributed by atoms with E-state index in [2.05, 4.69) is 9.97 Å². The second-order valence-electron chi connectivity index (χ2n) is 3.25. The summed E-state index contributed by atoms with van der Waals surface area (Å²) in [5.41, 5.74) is 0. The highest BCUT2D eigenvalue weighted by atomic mass is 16.4. The first-order valence-electron chi connectivity index (χ1n) is 4.54. The first-order valence-corrected chi connectivity index (χ1v) is 4.54. The molecule has 5 nitrogen and oxygen atoms in total. The zero-order valence-corrected chi connectivity index (χ0v) is 7.63. The van der Waals surface area contributed by atoms with Crippen molar-refractivity contribution in [1.29, 1.82) is 0 Å². The quantitative estimate of drug-likeness (QED) is 0.742. The van der Waals surface area contributed by atoms with Crippen LogP contribution in [0.4, 0.5) is 5.82 Å². The minimum Gasteiger partial charge on any atom is -0.480 e. The van der Waals surface area contributed by atoms with E-state index in [1.165, 1.54) is 0 Å². The molecule has 1 atom stereocenters. The number of carboxylic acid groups (broad SMARTS) is 1. The largest absolute Gasteiger partial charge is 0.480 e. The molecule has 1 N–H and O–H groups in total. The van der Waals surface area contributed by atoms with Gasteiger partial charge in [0.1, 0.15) is 11.9 Å². The van der Waals surface area contributed by atoms with E-state index in [0.29, 0.717) is 12.2 Å². The van der Waals surface area contributed by atoms with Gasteiger partial charge in [0.25, 0.3) is 0 Å². The zero-order chi connectivity index (χ0) is 9.97. The Kier molecular flexibility index (Phi) is 2.30. The van der Waals surface area contributed by atoms with Crippen molar-refractivity contribution in [1.82, 2.24) is 9.97 Å². The average Bonchev–Trinajstić information content (AvgIpc) is 2.67. The number of carboxylic acids is 1. The number of anilines is 1. The molecule has 1 saturated heterocycles. The van der Waals surface area contributed by atoms with E-state index >= 15 is 0 Å². The Hall–Kier alpha value is -1.65. The van der Waals surface area contributed by atoms with Gasteiger partial charge in [-0.25, -0.2) is 9.78 Å². The summed E-state index contributed by atoms with van der Waals surface area (Å²) in [6, 6.07) is -0.438. The molecular weight excluding hydrogens is 182 g/mol. The summed E-state index contributed by atoms with van der Waals surface area (Å²) in [6.45, 7) is 0.746. The number of hydrogen-bond donors (Lipinski definition) is 1. The van der Waals surface area contributed by atoms with Crippen molar-refractivity contribution in [3.05, 3.63) is 18.6 Å². The van der Waals surface area contributed by atoms with Crippen LogP contribution in [0.1, 0.15) is 12.8 Å². The summed E-state index contributed by atoms with van der Waals surface area (Å²) in [5, 5.41) is 8.96. The van der Waals surface area contributed by atoms with Crippen LogP contribution in [0.3, 0.4) is 0 Å². The third-order valence-corrected chi connectivity index (χ3v) is 2.38. The molecule has 0 radical (unpaired) electrons. The second kappa shape index (κ2) is 3.61. The van der Waals surface area contributed by atoms with E-state index in [0.717, 1.165) is 13.0 Å². The Morgan fingerprint density at radius 3 is 3.07 bits per heavy atom. The van der Waals surface area contributed by atoms with E-state index in [-0.39, 0.29) is 0 Å². The van der Waals surface area contributed by atoms with Gasteiger partial charge >= 0.3 is 5.97 Å². The number of rotatable bonds is 2. The Labute approximate surface area is 81.4 Å². The molecule has 14 heavy (non-hydrogen) atoms. The van der Waals surface area contributed by atoms with Crippen molar-refractivity contribution in [2.24, 2.45) is 0 Å². The summed E-state index contributed by atoms with van der Waals surface area (Å²) in [5.74, 6) is -0.134. The Morgan fingerprint density at radius 1 is 1.57 bits per heavy atom. The van der Waals surface area contributed by atoms with Crippen LogP contribution < -0.4 is 4.90 Å². The van der Waals surface area contributed by atoms with Crippen LogP contribution in [0, 0.1) is 0 Å². The van der Waals surface area contributed by atoms with Gasteiger partial charge in [-0.05, 0) is 12.8 Å². The monoisotopic (exact) mass is 193 g/mol. The molecule has 5 heteroatoms. The van der Waals surface area contributed by atoms with Crippen LogP contribution in [0.2, 0.25) is 0 Å². The van der Waals surface area contributed by atoms with E-state index in [9.17, 15) is 4.79 Å². The number of carbonyl (C=O) groups is 1. The molecule has 0 aliphatic carbocycles. The fourth-order valence-corrected chi connectivity index (χ4v) is 1.74. The van der Waals surface area contributed by atoms with Crippen molar-refractivity contribution in [3.63, 3.8) is 0 Å². The summed E-state index contributed by atoms with van der Waals surface area (Å²) in [6.07, 6.45) is 6.34. The highest BCUT2D eigenvalue weighted by Gasteiger charge is 2.31. The van der Waals surface area contributed by atoms with Crippen LogP contribution in [0.25, 0.3) is 0 Å². The number of aliphatic carboxylic acids is 1. The predicted octanol–water partition coefficient (Wildman–Crippen LogP) is 0.530. The second-order valence-corrected chi connectivity index (χ2v) is 3.25. The summed E-state index contributed by atoms with van der Waals surface area (Å²) < 4.78 is 0. The molecule has 1 aliphatic heterocycles. The Morgan fingerprint density at radius 2 is 2.43 bits per heavy atom. The number of aromatic nitrogens is 2. The SMILES string of the molecule is O=C(O)C1CCCN1c1cnccn1. The fourth-order valence-electron chi connectivity index (χ4n) is 1.74. The van der Waals surface area contributed by atoms with Crippen LogP contribution >= 0.6 is 0 Å². The lowest BCUT2D eigenvalue weighted by Crippen LogP contribution is -2.36. The van der Waals surface area contributed by atoms with Crippen molar-refractivity contribution < 1.29 is 9.90 Å². The summed E-state index contributed by atoms with van der Waals surface area (Å²) in [7, 11) is 0. The lowest BCUT2D eigenvalue weighted by molar-refractivity contribution is -0.138. The topological polar surface area (TPSA) is 66.3 Å². The van der Waals surface area contributed by atoms with Gasteiger partial charge in [0.05, 0.1) is 6.20 Å². The van der Waals surface area contributed by atoms with E-state index in [1.807, 2.05) is 0 Å². The van der Waals surface area contributed by atoms with Gasteiger partial charge in [-0.3, -0.25) is 4.98 Å². The Balaban J connectivity index is 2.22. The molecule has 2 rings (SSSR count). The number of hydrogen-bond acceptors (Lipinski definition) is 4. The van der Waals surface area contributed by atoms with Crippen LogP contribution in [-0.4, -0.2) is 33.6 Å². The molecule has 74 valence electrons. The minimum atomic E-state index is -0.784. The number of nitrogens with zero attached hydrogens (tertiary/aromatic N) is 3. The molecule has 2 heterocycles. The van der Waals surface area contributed by atoms with Crippen molar-refractivity contribution in [3.8, 4) is 0 Å².